The average molecular weight is 670 g/mol. The van der Waals surface area contributed by atoms with Crippen LogP contribution in [0.25, 0.3) is 0 Å². The van der Waals surface area contributed by atoms with Crippen LogP contribution in [0.4, 0.5) is 15.5 Å². The van der Waals surface area contributed by atoms with Gasteiger partial charge in [0.1, 0.15) is 0 Å². The Morgan fingerprint density at radius 2 is 1.71 bits per heavy atom. The predicted molar refractivity (Wildman–Crippen MR) is 185 cm³/mol. The van der Waals surface area contributed by atoms with Crippen LogP contribution in [-0.4, -0.2) is 61.4 Å². The minimum Gasteiger partial charge on any atom is -0.394 e. The molecule has 0 radical (unpaired) electrons. The lowest BCUT2D eigenvalue weighted by molar-refractivity contribution is -0.151. The van der Waals surface area contributed by atoms with Crippen molar-refractivity contribution >= 4 is 37.5 Å². The maximum Gasteiger partial charge on any atom is 0.264 e. The van der Waals surface area contributed by atoms with E-state index >= 15 is 4.11 Å². The largest absolute Gasteiger partial charge is 0.394 e. The number of fused-ring (bicyclic) bond motifs is 3. The highest BCUT2D eigenvalue weighted by Gasteiger charge is 2.67. The number of aliphatic hydroxyl groups is 1. The molecule has 4 aliphatic rings. The third kappa shape index (κ3) is 5.47. The molecule has 8 nitrogen and oxygen atoms in total. The lowest BCUT2D eigenvalue weighted by Crippen LogP contribution is -2.48. The van der Waals surface area contributed by atoms with Crippen LogP contribution in [0, 0.1) is 5.92 Å². The number of ether oxygens (including phenoxy) is 1. The number of para-hydroxylation sites is 1. The van der Waals surface area contributed by atoms with E-state index in [1.807, 2.05) is 84.6 Å². The number of benzene rings is 3. The molecule has 1 spiro atoms. The number of aliphatic hydroxyl groups excluding tert-OH is 1. The van der Waals surface area contributed by atoms with E-state index in [1.54, 1.807) is 22.9 Å². The van der Waals surface area contributed by atoms with Gasteiger partial charge in [-0.05, 0) is 67.2 Å². The van der Waals surface area contributed by atoms with Crippen molar-refractivity contribution in [3.05, 3.63) is 95.1 Å². The summed E-state index contributed by atoms with van der Waals surface area (Å²) in [7, 11) is -3.47. The van der Waals surface area contributed by atoms with Crippen LogP contribution in [-0.2, 0) is 44.2 Å². The van der Waals surface area contributed by atoms with Gasteiger partial charge < -0.3 is 28.7 Å². The number of halogens is 1. The van der Waals surface area contributed by atoms with Crippen molar-refractivity contribution in [1.82, 2.24) is 4.90 Å². The molecule has 7 rings (SSSR count). The summed E-state index contributed by atoms with van der Waals surface area (Å²) < 4.78 is 23.2. The Bertz CT molecular complexity index is 1730. The standard InChI is InChI=1S/C38H44FN3O5Si/c1-25-36(48(2,3)39)33(21-35(45)41-23-28-11-5-4-10-27(28)20-30(41)24-43)47-38(25)31-12-6-7-13-32(31)42(37(38)46)22-26-15-17-29(18-16-26)40-19-9-8-14-34(40)44/h4-7,10-13,15-18,25,30,33,36,43H,8-9,14,19-24H2,1-3H3/t25-,30-,33+,36-,38+/m0/s1. The molecule has 1 N–H and O–H groups in total. The molecule has 48 heavy (non-hydrogen) atoms. The van der Waals surface area contributed by atoms with Gasteiger partial charge in [0.2, 0.25) is 20.2 Å². The summed E-state index contributed by atoms with van der Waals surface area (Å²) in [6.07, 6.45) is 2.14. The summed E-state index contributed by atoms with van der Waals surface area (Å²) in [6.45, 7) is 6.37. The van der Waals surface area contributed by atoms with Gasteiger partial charge in [0, 0.05) is 42.2 Å². The molecule has 0 unspecified atom stereocenters. The molecule has 3 amide bonds. The first-order valence-corrected chi connectivity index (χ1v) is 20.1. The fraction of sp³-hybridized carbons (Fsp3) is 0.447. The first-order chi connectivity index (χ1) is 23.0. The summed E-state index contributed by atoms with van der Waals surface area (Å²) in [5, 5.41) is 10.2. The lowest BCUT2D eigenvalue weighted by Gasteiger charge is -2.37. The summed E-state index contributed by atoms with van der Waals surface area (Å²) >= 11 is 0. The van der Waals surface area contributed by atoms with Crippen molar-refractivity contribution < 1.29 is 28.3 Å². The van der Waals surface area contributed by atoms with E-state index in [-0.39, 0.29) is 43.3 Å². The fourth-order valence-electron chi connectivity index (χ4n) is 8.73. The maximum absolute atomic E-state index is 16.4. The number of amides is 3. The Morgan fingerprint density at radius 3 is 2.42 bits per heavy atom. The second kappa shape index (κ2) is 12.5. The van der Waals surface area contributed by atoms with Gasteiger partial charge in [-0.3, -0.25) is 14.4 Å². The number of hydrogen-bond donors (Lipinski definition) is 1. The molecule has 0 aliphatic carbocycles. The molecule has 4 aliphatic heterocycles. The average Bonchev–Trinajstić information content (AvgIpc) is 3.50. The predicted octanol–water partition coefficient (Wildman–Crippen LogP) is 5.86. The van der Waals surface area contributed by atoms with Crippen molar-refractivity contribution in [1.29, 1.82) is 0 Å². The van der Waals surface area contributed by atoms with Crippen molar-refractivity contribution in [3.63, 3.8) is 0 Å². The van der Waals surface area contributed by atoms with E-state index in [1.165, 1.54) is 0 Å². The number of carbonyl (C=O) groups excluding carboxylic acids is 3. The van der Waals surface area contributed by atoms with Crippen molar-refractivity contribution in [2.24, 2.45) is 5.92 Å². The quantitative estimate of drug-likeness (QED) is 0.252. The molecule has 0 saturated carbocycles. The van der Waals surface area contributed by atoms with Crippen LogP contribution >= 0.6 is 0 Å². The molecule has 2 saturated heterocycles. The zero-order valence-corrected chi connectivity index (χ0v) is 28.9. The SMILES string of the molecule is C[C@H]1[C@H]([Si](C)(C)F)[C@@H](CC(=O)N2Cc3ccccc3C[C@H]2CO)O[C@]12C(=O)N(Cc1ccc(N3CCCCC3=O)cc1)c1ccccc12. The summed E-state index contributed by atoms with van der Waals surface area (Å²) in [6, 6.07) is 22.9. The fourth-order valence-corrected chi connectivity index (χ4v) is 11.2. The molecule has 3 aromatic rings. The molecule has 0 aromatic heterocycles. The van der Waals surface area contributed by atoms with Crippen LogP contribution in [0.3, 0.4) is 0 Å². The highest BCUT2D eigenvalue weighted by molar-refractivity contribution is 6.72. The monoisotopic (exact) mass is 669 g/mol. The summed E-state index contributed by atoms with van der Waals surface area (Å²) in [4.78, 5) is 46.5. The van der Waals surface area contributed by atoms with Gasteiger partial charge >= 0.3 is 0 Å². The number of nitrogens with zero attached hydrogens (tertiary/aromatic N) is 3. The van der Waals surface area contributed by atoms with Crippen molar-refractivity contribution in [2.75, 3.05) is 23.0 Å². The minimum absolute atomic E-state index is 0.0676. The molecular weight excluding hydrogens is 626 g/mol. The number of piperidine rings is 1. The zero-order valence-electron chi connectivity index (χ0n) is 27.9. The van der Waals surface area contributed by atoms with Gasteiger partial charge in [-0.1, -0.05) is 61.5 Å². The van der Waals surface area contributed by atoms with Gasteiger partial charge in [-0.2, -0.15) is 0 Å². The highest BCUT2D eigenvalue weighted by atomic mass is 28.4. The van der Waals surface area contributed by atoms with Crippen molar-refractivity contribution in [2.45, 2.75) is 88.5 Å². The van der Waals surface area contributed by atoms with Gasteiger partial charge in [-0.25, -0.2) is 0 Å². The number of anilines is 2. The second-order valence-corrected chi connectivity index (χ2v) is 18.2. The van der Waals surface area contributed by atoms with Gasteiger partial charge in [0.25, 0.3) is 5.91 Å². The van der Waals surface area contributed by atoms with Gasteiger partial charge in [0.15, 0.2) is 5.60 Å². The Labute approximate surface area is 282 Å². The van der Waals surface area contributed by atoms with E-state index < -0.39 is 31.6 Å². The Balaban J connectivity index is 1.17. The van der Waals surface area contributed by atoms with Gasteiger partial charge in [0.05, 0.1) is 37.4 Å². The van der Waals surface area contributed by atoms with Gasteiger partial charge in [-0.15, -0.1) is 0 Å². The molecule has 0 bridgehead atoms. The zero-order chi connectivity index (χ0) is 33.8. The van der Waals surface area contributed by atoms with E-state index in [2.05, 4.69) is 0 Å². The number of rotatable bonds is 7. The van der Waals surface area contributed by atoms with Crippen LogP contribution in [0.1, 0.15) is 54.9 Å². The van der Waals surface area contributed by atoms with E-state index in [0.29, 0.717) is 31.5 Å². The Kier molecular flexibility index (Phi) is 8.54. The molecule has 4 heterocycles. The van der Waals surface area contributed by atoms with E-state index in [0.717, 1.165) is 40.9 Å². The first-order valence-electron chi connectivity index (χ1n) is 17.2. The third-order valence-corrected chi connectivity index (χ3v) is 13.5. The Morgan fingerprint density at radius 1 is 1.00 bits per heavy atom. The summed E-state index contributed by atoms with van der Waals surface area (Å²) in [5.41, 5.74) is 3.31. The topological polar surface area (TPSA) is 90.4 Å². The number of carbonyl (C=O) groups is 3. The van der Waals surface area contributed by atoms with Crippen molar-refractivity contribution in [3.8, 4) is 0 Å². The van der Waals surface area contributed by atoms with E-state index in [9.17, 15) is 19.5 Å². The van der Waals surface area contributed by atoms with Crippen LogP contribution in [0.5, 0.6) is 0 Å². The molecule has 3 aromatic carbocycles. The van der Waals surface area contributed by atoms with Crippen LogP contribution in [0.2, 0.25) is 18.6 Å². The third-order valence-electron chi connectivity index (χ3n) is 11.0. The summed E-state index contributed by atoms with van der Waals surface area (Å²) in [5.74, 6) is -0.830. The Hall–Kier alpha value is -3.86. The second-order valence-electron chi connectivity index (χ2n) is 14.4. The molecule has 10 heteroatoms. The van der Waals surface area contributed by atoms with E-state index in [4.69, 9.17) is 4.74 Å². The van der Waals surface area contributed by atoms with Crippen LogP contribution in [0.15, 0.2) is 72.8 Å². The maximum atomic E-state index is 16.4. The smallest absolute Gasteiger partial charge is 0.264 e. The van der Waals surface area contributed by atoms with Crippen LogP contribution < -0.4 is 9.80 Å². The molecule has 252 valence electrons. The molecular formula is C38H44FN3O5Si. The number of hydrogen-bond acceptors (Lipinski definition) is 5. The first kappa shape index (κ1) is 32.7. The normalized spacial score (nSPS) is 27.1. The lowest BCUT2D eigenvalue weighted by atomic mass is 9.82. The molecule has 2 fully saturated rings. The highest BCUT2D eigenvalue weighted by Crippen LogP contribution is 2.60. The molecule has 5 atom stereocenters. The minimum atomic E-state index is -3.47.